The smallest absolute Gasteiger partial charge is 0.351 e. The van der Waals surface area contributed by atoms with Crippen LogP contribution in [0.25, 0.3) is 0 Å². The number of nitrogens with two attached hydrogens (primary N) is 2. The normalized spacial score (nSPS) is 16.1. The second-order valence-corrected chi connectivity index (χ2v) is 7.62. The van der Waals surface area contributed by atoms with Gasteiger partial charge in [-0.1, -0.05) is 0 Å². The molecule has 0 rings (SSSR count). The Hall–Kier alpha value is 0.0169. The molecule has 0 spiro atoms. The number of hydrogen-bond acceptors (Lipinski definition) is 5. The summed E-state index contributed by atoms with van der Waals surface area (Å²) in [7, 11) is 1.08. The SMILES string of the molecule is CCOCC(N)CCC(N)[Si](C)(OC)OC. The molecule has 0 aromatic carbocycles. The Bertz CT molecular complexity index is 179. The van der Waals surface area contributed by atoms with Crippen LogP contribution in [-0.4, -0.2) is 47.7 Å². The fraction of sp³-hybridized carbons (Fsp3) is 1.00. The molecular weight excluding hydrogens is 224 g/mol. The van der Waals surface area contributed by atoms with Crippen molar-refractivity contribution in [1.82, 2.24) is 0 Å². The van der Waals surface area contributed by atoms with Crippen molar-refractivity contribution >= 4 is 8.56 Å². The largest absolute Gasteiger partial charge is 0.397 e. The summed E-state index contributed by atoms with van der Waals surface area (Å²) in [4.78, 5) is 0. The van der Waals surface area contributed by atoms with Crippen molar-refractivity contribution in [3.05, 3.63) is 0 Å². The molecule has 0 aromatic heterocycles. The molecule has 5 nitrogen and oxygen atoms in total. The van der Waals surface area contributed by atoms with Crippen molar-refractivity contribution in [2.45, 2.75) is 38.0 Å². The van der Waals surface area contributed by atoms with Gasteiger partial charge in [-0.05, 0) is 26.3 Å². The van der Waals surface area contributed by atoms with Gasteiger partial charge < -0.3 is 25.1 Å². The predicted octanol–water partition coefficient (Wildman–Crippen LogP) is 0.362. The van der Waals surface area contributed by atoms with Crippen LogP contribution in [0.1, 0.15) is 19.8 Å². The lowest BCUT2D eigenvalue weighted by Gasteiger charge is -2.29. The van der Waals surface area contributed by atoms with Crippen LogP contribution in [0.3, 0.4) is 0 Å². The summed E-state index contributed by atoms with van der Waals surface area (Å²) >= 11 is 0. The average molecular weight is 250 g/mol. The molecular formula is C10H26N2O3Si. The quantitative estimate of drug-likeness (QED) is 0.578. The van der Waals surface area contributed by atoms with Gasteiger partial charge in [-0.15, -0.1) is 0 Å². The van der Waals surface area contributed by atoms with Gasteiger partial charge in [-0.2, -0.15) is 0 Å². The van der Waals surface area contributed by atoms with Crippen molar-refractivity contribution in [1.29, 1.82) is 0 Å². The Kier molecular flexibility index (Phi) is 8.17. The summed E-state index contributed by atoms with van der Waals surface area (Å²) in [5.74, 6) is 0. The molecule has 0 radical (unpaired) electrons. The van der Waals surface area contributed by atoms with Crippen LogP contribution in [0.2, 0.25) is 6.55 Å². The van der Waals surface area contributed by atoms with Gasteiger partial charge in [0.05, 0.1) is 6.61 Å². The summed E-state index contributed by atoms with van der Waals surface area (Å²) in [6, 6.07) is 0.0398. The van der Waals surface area contributed by atoms with Crippen LogP contribution in [0.5, 0.6) is 0 Å². The minimum absolute atomic E-state index is 0.0398. The Labute approximate surface area is 99.7 Å². The van der Waals surface area contributed by atoms with Crippen LogP contribution >= 0.6 is 0 Å². The highest BCUT2D eigenvalue weighted by atomic mass is 28.4. The minimum atomic E-state index is -2.22. The van der Waals surface area contributed by atoms with Crippen LogP contribution in [0.4, 0.5) is 0 Å². The third-order valence-electron chi connectivity index (χ3n) is 2.87. The van der Waals surface area contributed by atoms with Gasteiger partial charge in [0, 0.05) is 32.5 Å². The van der Waals surface area contributed by atoms with E-state index in [0.29, 0.717) is 13.2 Å². The van der Waals surface area contributed by atoms with E-state index in [9.17, 15) is 0 Å². The molecule has 0 aliphatic heterocycles. The van der Waals surface area contributed by atoms with Gasteiger partial charge in [-0.3, -0.25) is 0 Å². The summed E-state index contributed by atoms with van der Waals surface area (Å²) in [5, 5.41) is 0. The first-order valence-corrected chi connectivity index (χ1v) is 8.08. The van der Waals surface area contributed by atoms with Gasteiger partial charge in [-0.25, -0.2) is 0 Å². The highest BCUT2D eigenvalue weighted by molar-refractivity contribution is 6.67. The van der Waals surface area contributed by atoms with Gasteiger partial charge in [0.25, 0.3) is 0 Å². The van der Waals surface area contributed by atoms with Crippen molar-refractivity contribution in [3.8, 4) is 0 Å². The molecule has 0 aliphatic carbocycles. The van der Waals surface area contributed by atoms with Crippen molar-refractivity contribution in [2.24, 2.45) is 11.5 Å². The lowest BCUT2D eigenvalue weighted by molar-refractivity contribution is 0.129. The molecule has 2 unspecified atom stereocenters. The molecule has 98 valence electrons. The lowest BCUT2D eigenvalue weighted by atomic mass is 10.2. The molecule has 16 heavy (non-hydrogen) atoms. The maximum Gasteiger partial charge on any atom is 0.351 e. The standard InChI is InChI=1S/C10H26N2O3Si/c1-5-15-8-9(11)6-7-10(12)16(4,13-2)14-3/h9-10H,5-8,11-12H2,1-4H3. The average Bonchev–Trinajstić information content (AvgIpc) is 2.32. The molecule has 0 aliphatic rings. The van der Waals surface area contributed by atoms with E-state index in [1.54, 1.807) is 14.2 Å². The van der Waals surface area contributed by atoms with Crippen molar-refractivity contribution in [3.63, 3.8) is 0 Å². The van der Waals surface area contributed by atoms with Crippen LogP contribution in [-0.2, 0) is 13.6 Å². The molecule has 0 heterocycles. The maximum atomic E-state index is 6.07. The van der Waals surface area contributed by atoms with E-state index in [1.807, 2.05) is 13.5 Å². The van der Waals surface area contributed by atoms with Crippen LogP contribution in [0, 0.1) is 0 Å². The van der Waals surface area contributed by atoms with E-state index in [0.717, 1.165) is 12.8 Å². The van der Waals surface area contributed by atoms with Crippen LogP contribution < -0.4 is 11.5 Å². The first-order valence-electron chi connectivity index (χ1n) is 5.69. The number of rotatable bonds is 9. The van der Waals surface area contributed by atoms with Gasteiger partial charge in [0.2, 0.25) is 0 Å². The van der Waals surface area contributed by atoms with Gasteiger partial charge in [0.15, 0.2) is 0 Å². The first-order chi connectivity index (χ1) is 7.50. The zero-order valence-electron chi connectivity index (χ0n) is 10.9. The molecule has 0 fully saturated rings. The topological polar surface area (TPSA) is 79.7 Å². The molecule has 0 aromatic rings. The van der Waals surface area contributed by atoms with E-state index in [4.69, 9.17) is 25.1 Å². The lowest BCUT2D eigenvalue weighted by Crippen LogP contribution is -2.54. The number of ether oxygens (including phenoxy) is 1. The van der Waals surface area contributed by atoms with Crippen LogP contribution in [0.15, 0.2) is 0 Å². The van der Waals surface area contributed by atoms with E-state index in [-0.39, 0.29) is 11.7 Å². The highest BCUT2D eigenvalue weighted by Crippen LogP contribution is 2.13. The molecule has 2 atom stereocenters. The number of hydrogen-bond donors (Lipinski definition) is 2. The summed E-state index contributed by atoms with van der Waals surface area (Å²) < 4.78 is 16.0. The molecule has 0 bridgehead atoms. The molecule has 6 heteroatoms. The summed E-state index contributed by atoms with van der Waals surface area (Å²) in [6.07, 6.45) is 1.63. The fourth-order valence-corrected chi connectivity index (χ4v) is 2.86. The van der Waals surface area contributed by atoms with E-state index >= 15 is 0 Å². The fourth-order valence-electron chi connectivity index (χ4n) is 1.39. The Balaban J connectivity index is 3.91. The Morgan fingerprint density at radius 3 is 2.12 bits per heavy atom. The summed E-state index contributed by atoms with van der Waals surface area (Å²) in [6.45, 7) is 5.20. The molecule has 0 saturated carbocycles. The second-order valence-electron chi connectivity index (χ2n) is 4.03. The molecule has 0 amide bonds. The summed E-state index contributed by atoms with van der Waals surface area (Å²) in [5.41, 5.74) is 11.9. The Morgan fingerprint density at radius 1 is 1.12 bits per heavy atom. The van der Waals surface area contributed by atoms with Gasteiger partial charge in [0.1, 0.15) is 0 Å². The predicted molar refractivity (Wildman–Crippen MR) is 67.3 cm³/mol. The first kappa shape index (κ1) is 16.0. The molecule has 0 saturated heterocycles. The zero-order chi connectivity index (χ0) is 12.6. The van der Waals surface area contributed by atoms with E-state index < -0.39 is 8.56 Å². The third-order valence-corrected chi connectivity index (χ3v) is 6.13. The highest BCUT2D eigenvalue weighted by Gasteiger charge is 2.36. The van der Waals surface area contributed by atoms with Crippen molar-refractivity contribution in [2.75, 3.05) is 27.4 Å². The second kappa shape index (κ2) is 8.16. The van der Waals surface area contributed by atoms with E-state index in [2.05, 4.69) is 0 Å². The minimum Gasteiger partial charge on any atom is -0.397 e. The monoisotopic (exact) mass is 250 g/mol. The Morgan fingerprint density at radius 2 is 1.69 bits per heavy atom. The van der Waals surface area contributed by atoms with Crippen molar-refractivity contribution < 1.29 is 13.6 Å². The van der Waals surface area contributed by atoms with E-state index in [1.165, 1.54) is 0 Å². The molecule has 4 N–H and O–H groups in total. The van der Waals surface area contributed by atoms with Gasteiger partial charge >= 0.3 is 8.56 Å². The maximum absolute atomic E-state index is 6.07. The zero-order valence-corrected chi connectivity index (χ0v) is 11.9. The third kappa shape index (κ3) is 5.38.